The first-order chi connectivity index (χ1) is 3.18. The zero-order valence-corrected chi connectivity index (χ0v) is 5.04. The van der Waals surface area contributed by atoms with Crippen LogP contribution in [0, 0.1) is 0 Å². The van der Waals surface area contributed by atoms with Gasteiger partial charge in [0.05, 0.1) is 0 Å². The van der Waals surface area contributed by atoms with E-state index in [1.165, 1.54) is 0 Å². The van der Waals surface area contributed by atoms with Crippen molar-refractivity contribution >= 4 is 11.9 Å². The molecule has 7 heteroatoms. The van der Waals surface area contributed by atoms with Crippen molar-refractivity contribution in [2.75, 3.05) is 0 Å². The summed E-state index contributed by atoms with van der Waals surface area (Å²) < 4.78 is 0. The van der Waals surface area contributed by atoms with E-state index < -0.39 is 11.9 Å². The third-order valence-electron chi connectivity index (χ3n) is 0.242. The van der Waals surface area contributed by atoms with Gasteiger partial charge in [-0.25, -0.2) is 4.79 Å². The first-order valence-corrected chi connectivity index (χ1v) is 1.23. The smallest absolute Gasteiger partial charge is 0.661 e. The maximum Gasteiger partial charge on any atom is 1.00 e. The molecule has 0 saturated heterocycles. The summed E-state index contributed by atoms with van der Waals surface area (Å²) in [6.07, 6.45) is 0. The predicted octanol–water partition coefficient (Wildman–Crippen LogP) is -9.44. The summed E-state index contributed by atoms with van der Waals surface area (Å²) in [7, 11) is 0. The molecule has 0 saturated carbocycles. The SMILES string of the molecule is O=C([O-])C(=O)O[O-].[Li+].[Li+]. The number of hydrogen-bond acceptors (Lipinski definition) is 5. The Balaban J connectivity index is -0.000000180. The second kappa shape index (κ2) is 8.09. The van der Waals surface area contributed by atoms with Gasteiger partial charge in [0.25, 0.3) is 0 Å². The summed E-state index contributed by atoms with van der Waals surface area (Å²) in [6, 6.07) is 0. The van der Waals surface area contributed by atoms with Crippen molar-refractivity contribution in [1.82, 2.24) is 0 Å². The summed E-state index contributed by atoms with van der Waals surface area (Å²) in [5, 5.41) is 17.9. The molecule has 5 nitrogen and oxygen atoms in total. The predicted molar refractivity (Wildman–Crippen MR) is 11.1 cm³/mol. The molecule has 0 atom stereocenters. The van der Waals surface area contributed by atoms with Gasteiger partial charge in [0.1, 0.15) is 0 Å². The van der Waals surface area contributed by atoms with Gasteiger partial charge in [0, 0.05) is 0 Å². The third-order valence-corrected chi connectivity index (χ3v) is 0.242. The minimum atomic E-state index is -2.13. The first-order valence-electron chi connectivity index (χ1n) is 1.23. The maximum atomic E-state index is 9.31. The van der Waals surface area contributed by atoms with E-state index in [1.54, 1.807) is 0 Å². The molecule has 0 aromatic rings. The Kier molecular flexibility index (Phi) is 14.4. The molecule has 0 rings (SSSR count). The molecule has 0 aliphatic heterocycles. The Hall–Kier alpha value is 0.0948. The zero-order chi connectivity index (χ0) is 5.86. The second-order valence-corrected chi connectivity index (χ2v) is 0.658. The average Bonchev–Trinajstić information content (AvgIpc) is 1.65. The molecule has 0 aromatic heterocycles. The summed E-state index contributed by atoms with van der Waals surface area (Å²) in [5.41, 5.74) is 0. The van der Waals surface area contributed by atoms with Crippen LogP contribution in [-0.2, 0) is 14.5 Å². The summed E-state index contributed by atoms with van der Waals surface area (Å²) in [6.45, 7) is 0. The van der Waals surface area contributed by atoms with E-state index in [2.05, 4.69) is 4.89 Å². The van der Waals surface area contributed by atoms with Crippen LogP contribution in [0.2, 0.25) is 0 Å². The molecule has 0 N–H and O–H groups in total. The third kappa shape index (κ3) is 8.09. The van der Waals surface area contributed by atoms with Gasteiger partial charge in [-0.3, -0.25) is 0 Å². The van der Waals surface area contributed by atoms with E-state index in [9.17, 15) is 4.79 Å². The molecule has 0 radical (unpaired) electrons. The Morgan fingerprint density at radius 1 is 1.22 bits per heavy atom. The van der Waals surface area contributed by atoms with Crippen LogP contribution in [0.5, 0.6) is 0 Å². The number of aliphatic carboxylic acids is 1. The fraction of sp³-hybridized carbons (Fsp3) is 0. The molecule has 0 aromatic carbocycles. The van der Waals surface area contributed by atoms with Crippen LogP contribution in [0.1, 0.15) is 0 Å². The van der Waals surface area contributed by atoms with Crippen molar-refractivity contribution in [3.05, 3.63) is 0 Å². The molecule has 0 aliphatic carbocycles. The van der Waals surface area contributed by atoms with Crippen LogP contribution in [0.15, 0.2) is 0 Å². The molecule has 40 valence electrons. The standard InChI is InChI=1S/C2H2O5.2Li/c3-1(4)2(5)7-6;;/h6H,(H,3,4);;/q;2*+1/p-2. The number of carbonyl (C=O) groups excluding carboxylic acids is 2. The van der Waals surface area contributed by atoms with E-state index in [4.69, 9.17) is 15.2 Å². The molecule has 0 bridgehead atoms. The van der Waals surface area contributed by atoms with Crippen LogP contribution in [-0.4, -0.2) is 11.9 Å². The van der Waals surface area contributed by atoms with Crippen molar-refractivity contribution in [1.29, 1.82) is 0 Å². The second-order valence-electron chi connectivity index (χ2n) is 0.658. The van der Waals surface area contributed by atoms with E-state index in [-0.39, 0.29) is 37.7 Å². The van der Waals surface area contributed by atoms with Crippen molar-refractivity contribution < 1.29 is 62.6 Å². The van der Waals surface area contributed by atoms with E-state index in [0.717, 1.165) is 0 Å². The Morgan fingerprint density at radius 2 is 1.56 bits per heavy atom. The molecule has 0 spiro atoms. The van der Waals surface area contributed by atoms with Crippen LogP contribution in [0.25, 0.3) is 0 Å². The van der Waals surface area contributed by atoms with Gasteiger partial charge in [-0.2, -0.15) is 0 Å². The molecule has 0 amide bonds. The van der Waals surface area contributed by atoms with Gasteiger partial charge in [-0.05, 0) is 0 Å². The van der Waals surface area contributed by atoms with Gasteiger partial charge in [0.2, 0.25) is 0 Å². The fourth-order valence-electron chi connectivity index (χ4n) is 0.0340. The summed E-state index contributed by atoms with van der Waals surface area (Å²) in [5.74, 6) is -4.03. The van der Waals surface area contributed by atoms with Crippen molar-refractivity contribution in [2.45, 2.75) is 0 Å². The number of carboxylic acids is 1. The van der Waals surface area contributed by atoms with Gasteiger partial charge in [-0.1, -0.05) is 0 Å². The van der Waals surface area contributed by atoms with E-state index in [1.807, 2.05) is 0 Å². The van der Waals surface area contributed by atoms with Crippen molar-refractivity contribution in [2.24, 2.45) is 0 Å². The summed E-state index contributed by atoms with van der Waals surface area (Å²) in [4.78, 5) is 20.9. The quantitative estimate of drug-likeness (QED) is 0.136. The van der Waals surface area contributed by atoms with Crippen LogP contribution < -0.4 is 48.1 Å². The van der Waals surface area contributed by atoms with Crippen molar-refractivity contribution in [3.8, 4) is 0 Å². The van der Waals surface area contributed by atoms with E-state index in [0.29, 0.717) is 0 Å². The normalized spacial score (nSPS) is 5.89. The molecule has 0 aliphatic rings. The first kappa shape index (κ1) is 16.0. The fourth-order valence-corrected chi connectivity index (χ4v) is 0.0340. The zero-order valence-electron chi connectivity index (χ0n) is 5.04. The average molecular weight is 118 g/mol. The molecule has 0 heterocycles. The Bertz CT molecular complexity index is 101. The number of rotatable bonds is 0. The van der Waals surface area contributed by atoms with Gasteiger partial charge < -0.3 is 20.0 Å². The monoisotopic (exact) mass is 118 g/mol. The van der Waals surface area contributed by atoms with Crippen molar-refractivity contribution in [3.63, 3.8) is 0 Å². The van der Waals surface area contributed by atoms with Gasteiger partial charge >= 0.3 is 43.7 Å². The van der Waals surface area contributed by atoms with Gasteiger partial charge in [-0.15, -0.1) is 0 Å². The van der Waals surface area contributed by atoms with Crippen LogP contribution in [0.3, 0.4) is 0 Å². The topological polar surface area (TPSA) is 89.5 Å². The molecular formula is C2Li2O5. The van der Waals surface area contributed by atoms with Gasteiger partial charge in [0.15, 0.2) is 5.97 Å². The Morgan fingerprint density at radius 3 is 1.56 bits per heavy atom. The number of hydrogen-bond donors (Lipinski definition) is 0. The number of carboxylic acid groups (broad SMARTS) is 1. The largest absolute Gasteiger partial charge is 1.00 e. The van der Waals surface area contributed by atoms with Crippen LogP contribution in [0.4, 0.5) is 0 Å². The maximum absolute atomic E-state index is 9.31. The minimum Gasteiger partial charge on any atom is -0.661 e. The number of carbonyl (C=O) groups is 2. The molecule has 9 heavy (non-hydrogen) atoms. The summed E-state index contributed by atoms with van der Waals surface area (Å²) >= 11 is 0. The van der Waals surface area contributed by atoms with Crippen LogP contribution >= 0.6 is 0 Å². The minimum absolute atomic E-state index is 0. The molecular weight excluding hydrogens is 118 g/mol. The Labute approximate surface area is 74.7 Å². The van der Waals surface area contributed by atoms with E-state index >= 15 is 0 Å². The molecule has 0 unspecified atom stereocenters. The molecule has 0 fully saturated rings.